The molecule has 2 unspecified atom stereocenters. The first-order valence-electron chi connectivity index (χ1n) is 9.42. The molecule has 7 heteroatoms. The molecule has 1 aromatic carbocycles. The van der Waals surface area contributed by atoms with Crippen molar-refractivity contribution >= 4 is 30.7 Å². The van der Waals surface area contributed by atoms with Crippen molar-refractivity contribution < 1.29 is 4.79 Å². The van der Waals surface area contributed by atoms with Gasteiger partial charge < -0.3 is 20.9 Å². The lowest BCUT2D eigenvalue weighted by molar-refractivity contribution is -0.125. The van der Waals surface area contributed by atoms with Crippen LogP contribution >= 0.6 is 24.8 Å². The Morgan fingerprint density at radius 2 is 1.81 bits per heavy atom. The van der Waals surface area contributed by atoms with Crippen LogP contribution in [0.15, 0.2) is 30.3 Å². The summed E-state index contributed by atoms with van der Waals surface area (Å²) in [5.41, 5.74) is 7.27. The van der Waals surface area contributed by atoms with Gasteiger partial charge in [-0.1, -0.05) is 37.3 Å². The van der Waals surface area contributed by atoms with Gasteiger partial charge in [0.15, 0.2) is 0 Å². The molecule has 1 aliphatic rings. The molecule has 0 aliphatic carbocycles. The highest BCUT2D eigenvalue weighted by Gasteiger charge is 2.24. The third-order valence-electron chi connectivity index (χ3n) is 5.27. The molecular formula is C20H36Cl2N4O. The van der Waals surface area contributed by atoms with Crippen molar-refractivity contribution in [1.29, 1.82) is 0 Å². The Bertz CT molecular complexity index is 522. The lowest BCUT2D eigenvalue weighted by Crippen LogP contribution is -2.42. The molecule has 1 aliphatic heterocycles. The molecule has 1 aromatic rings. The molecule has 0 aromatic heterocycles. The molecule has 5 nitrogen and oxygen atoms in total. The van der Waals surface area contributed by atoms with Crippen LogP contribution in [0.25, 0.3) is 0 Å². The van der Waals surface area contributed by atoms with Gasteiger partial charge in [0.2, 0.25) is 5.91 Å². The SMILES string of the molecule is CC(C(=O)NCC1CCN(CCN(C)C)CC1)C(N)c1ccccc1.Cl.Cl. The fourth-order valence-corrected chi connectivity index (χ4v) is 3.29. The molecule has 1 saturated heterocycles. The van der Waals surface area contributed by atoms with Gasteiger partial charge >= 0.3 is 0 Å². The number of nitrogens with two attached hydrogens (primary N) is 1. The summed E-state index contributed by atoms with van der Waals surface area (Å²) in [4.78, 5) is 17.2. The number of rotatable bonds is 8. The van der Waals surface area contributed by atoms with Gasteiger partial charge in [-0.05, 0) is 51.5 Å². The Balaban J connectivity index is 0.00000338. The van der Waals surface area contributed by atoms with E-state index in [1.54, 1.807) is 0 Å². The smallest absolute Gasteiger partial charge is 0.224 e. The maximum absolute atomic E-state index is 12.4. The van der Waals surface area contributed by atoms with E-state index in [4.69, 9.17) is 5.73 Å². The average Bonchev–Trinajstić information content (AvgIpc) is 2.64. The molecule has 2 rings (SSSR count). The minimum Gasteiger partial charge on any atom is -0.356 e. The van der Waals surface area contributed by atoms with Crippen molar-refractivity contribution in [1.82, 2.24) is 15.1 Å². The van der Waals surface area contributed by atoms with E-state index in [2.05, 4.69) is 29.2 Å². The summed E-state index contributed by atoms with van der Waals surface area (Å²) in [5, 5.41) is 3.12. The topological polar surface area (TPSA) is 61.6 Å². The first-order valence-corrected chi connectivity index (χ1v) is 9.42. The number of hydrogen-bond donors (Lipinski definition) is 2. The lowest BCUT2D eigenvalue weighted by Gasteiger charge is -2.33. The molecule has 1 amide bonds. The minimum atomic E-state index is -0.255. The Labute approximate surface area is 176 Å². The average molecular weight is 419 g/mol. The van der Waals surface area contributed by atoms with Crippen LogP contribution < -0.4 is 11.1 Å². The van der Waals surface area contributed by atoms with E-state index in [0.29, 0.717) is 5.92 Å². The lowest BCUT2D eigenvalue weighted by atomic mass is 9.93. The summed E-state index contributed by atoms with van der Waals surface area (Å²) in [6.07, 6.45) is 2.32. The highest BCUT2D eigenvalue weighted by atomic mass is 35.5. The van der Waals surface area contributed by atoms with Crippen molar-refractivity contribution in [2.45, 2.75) is 25.8 Å². The van der Waals surface area contributed by atoms with E-state index in [9.17, 15) is 4.79 Å². The Kier molecular flexibility index (Phi) is 12.9. The third-order valence-corrected chi connectivity index (χ3v) is 5.27. The number of likely N-dealkylation sites (tertiary alicyclic amines) is 1. The molecule has 156 valence electrons. The summed E-state index contributed by atoms with van der Waals surface area (Å²) in [6, 6.07) is 9.60. The van der Waals surface area contributed by atoms with E-state index in [-0.39, 0.29) is 42.7 Å². The number of hydrogen-bond acceptors (Lipinski definition) is 4. The molecule has 0 spiro atoms. The van der Waals surface area contributed by atoms with Gasteiger partial charge in [-0.25, -0.2) is 0 Å². The number of carbonyl (C=O) groups is 1. The predicted octanol–water partition coefficient (Wildman–Crippen LogP) is 2.56. The van der Waals surface area contributed by atoms with Crippen LogP contribution in [0, 0.1) is 11.8 Å². The van der Waals surface area contributed by atoms with Crippen molar-refractivity contribution in [2.75, 3.05) is 46.8 Å². The molecule has 0 saturated carbocycles. The largest absolute Gasteiger partial charge is 0.356 e. The Morgan fingerprint density at radius 1 is 1.22 bits per heavy atom. The number of halogens is 2. The van der Waals surface area contributed by atoms with Crippen LogP contribution in [-0.4, -0.2) is 62.5 Å². The number of benzene rings is 1. The van der Waals surface area contributed by atoms with E-state index >= 15 is 0 Å². The van der Waals surface area contributed by atoms with Crippen molar-refractivity contribution in [3.05, 3.63) is 35.9 Å². The van der Waals surface area contributed by atoms with Gasteiger partial charge in [0.05, 0.1) is 5.92 Å². The monoisotopic (exact) mass is 418 g/mol. The van der Waals surface area contributed by atoms with Gasteiger partial charge in [-0.3, -0.25) is 4.79 Å². The molecule has 1 fully saturated rings. The first kappa shape index (κ1) is 26.1. The maximum atomic E-state index is 12.4. The van der Waals surface area contributed by atoms with Gasteiger partial charge in [-0.2, -0.15) is 0 Å². The quantitative estimate of drug-likeness (QED) is 0.680. The fourth-order valence-electron chi connectivity index (χ4n) is 3.29. The summed E-state index contributed by atoms with van der Waals surface area (Å²) in [6.45, 7) is 7.19. The normalized spacial score (nSPS) is 17.5. The van der Waals surface area contributed by atoms with Crippen LogP contribution in [0.2, 0.25) is 0 Å². The molecule has 27 heavy (non-hydrogen) atoms. The van der Waals surface area contributed by atoms with Crippen LogP contribution in [0.4, 0.5) is 0 Å². The first-order chi connectivity index (χ1) is 12.0. The van der Waals surface area contributed by atoms with Gasteiger partial charge in [0.25, 0.3) is 0 Å². The second-order valence-electron chi connectivity index (χ2n) is 7.56. The number of piperidine rings is 1. The predicted molar refractivity (Wildman–Crippen MR) is 118 cm³/mol. The zero-order valence-electron chi connectivity index (χ0n) is 16.8. The van der Waals surface area contributed by atoms with E-state index in [1.807, 2.05) is 37.3 Å². The number of likely N-dealkylation sites (N-methyl/N-ethyl adjacent to an activating group) is 1. The van der Waals surface area contributed by atoms with E-state index in [0.717, 1.165) is 51.1 Å². The van der Waals surface area contributed by atoms with Gasteiger partial charge in [0.1, 0.15) is 0 Å². The molecule has 0 radical (unpaired) electrons. The molecule has 3 N–H and O–H groups in total. The maximum Gasteiger partial charge on any atom is 0.224 e. The molecule has 2 atom stereocenters. The second-order valence-corrected chi connectivity index (χ2v) is 7.56. The second kappa shape index (κ2) is 13.3. The number of amides is 1. The Morgan fingerprint density at radius 3 is 2.37 bits per heavy atom. The summed E-state index contributed by atoms with van der Waals surface area (Å²) in [5.74, 6) is 0.425. The highest BCUT2D eigenvalue weighted by Crippen LogP contribution is 2.20. The number of nitrogens with one attached hydrogen (secondary N) is 1. The zero-order valence-corrected chi connectivity index (χ0v) is 18.4. The summed E-state index contributed by atoms with van der Waals surface area (Å²) in [7, 11) is 4.23. The van der Waals surface area contributed by atoms with Crippen molar-refractivity contribution in [3.63, 3.8) is 0 Å². The highest BCUT2D eigenvalue weighted by molar-refractivity contribution is 5.85. The van der Waals surface area contributed by atoms with Crippen molar-refractivity contribution in [2.24, 2.45) is 17.6 Å². The van der Waals surface area contributed by atoms with Crippen LogP contribution in [-0.2, 0) is 4.79 Å². The zero-order chi connectivity index (χ0) is 18.2. The summed E-state index contributed by atoms with van der Waals surface area (Å²) < 4.78 is 0. The van der Waals surface area contributed by atoms with Crippen LogP contribution in [0.1, 0.15) is 31.4 Å². The minimum absolute atomic E-state index is 0. The number of carbonyl (C=O) groups excluding carboxylic acids is 1. The fraction of sp³-hybridized carbons (Fsp3) is 0.650. The standard InChI is InChI=1S/C20H34N4O.2ClH/c1-16(19(21)18-7-5-4-6-8-18)20(25)22-15-17-9-11-24(12-10-17)14-13-23(2)3;;/h4-8,16-17,19H,9-15,21H2,1-3H3,(H,22,25);2*1H. The molecular weight excluding hydrogens is 383 g/mol. The molecule has 1 heterocycles. The van der Waals surface area contributed by atoms with E-state index < -0.39 is 0 Å². The van der Waals surface area contributed by atoms with Crippen molar-refractivity contribution in [3.8, 4) is 0 Å². The third kappa shape index (κ3) is 8.79. The Hall–Kier alpha value is -0.850. The van der Waals surface area contributed by atoms with E-state index in [1.165, 1.54) is 0 Å². The molecule has 0 bridgehead atoms. The number of nitrogens with zero attached hydrogens (tertiary/aromatic N) is 2. The van der Waals surface area contributed by atoms with Crippen LogP contribution in [0.3, 0.4) is 0 Å². The van der Waals surface area contributed by atoms with Gasteiger partial charge in [0, 0.05) is 25.7 Å². The van der Waals surface area contributed by atoms with Crippen LogP contribution in [0.5, 0.6) is 0 Å². The summed E-state index contributed by atoms with van der Waals surface area (Å²) >= 11 is 0. The van der Waals surface area contributed by atoms with Gasteiger partial charge in [-0.15, -0.1) is 24.8 Å².